The van der Waals surface area contributed by atoms with Crippen LogP contribution in [0, 0.1) is 12.7 Å². The van der Waals surface area contributed by atoms with Gasteiger partial charge in [0.1, 0.15) is 12.0 Å². The molecule has 1 aromatic heterocycles. The zero-order valence-electron chi connectivity index (χ0n) is 8.61. The minimum Gasteiger partial charge on any atom is -0.417 e. The van der Waals surface area contributed by atoms with E-state index in [1.807, 2.05) is 0 Å². The monoisotopic (exact) mass is 223 g/mol. The first-order chi connectivity index (χ1) is 7.70. The average molecular weight is 223 g/mol. The molecule has 0 atom stereocenters. The maximum Gasteiger partial charge on any atom is 0.399 e. The normalized spacial score (nSPS) is 10.4. The Balaban J connectivity index is 2.23. The molecule has 2 aromatic rings. The Kier molecular flexibility index (Phi) is 2.87. The van der Waals surface area contributed by atoms with Crippen molar-refractivity contribution in [3.05, 3.63) is 41.5 Å². The van der Waals surface area contributed by atoms with Crippen LogP contribution in [0.5, 0.6) is 11.8 Å². The largest absolute Gasteiger partial charge is 0.417 e. The first kappa shape index (κ1) is 10.6. The summed E-state index contributed by atoms with van der Waals surface area (Å²) in [6, 6.07) is 4.78. The van der Waals surface area contributed by atoms with E-state index in [1.54, 1.807) is 19.1 Å². The van der Waals surface area contributed by atoms with Crippen molar-refractivity contribution >= 4 is 0 Å². The molecule has 0 amide bonds. The van der Waals surface area contributed by atoms with Gasteiger partial charge in [-0.2, -0.15) is 4.98 Å². The number of ether oxygens (including phenoxy) is 1. The standard InChI is InChI=1S/C11H10FNO3/c1-7-3-2-4-9(10(7)12)16-11-13-8(5-14)6-15-11/h2-4,6,14H,5H2,1H3. The summed E-state index contributed by atoms with van der Waals surface area (Å²) in [5.41, 5.74) is 0.814. The van der Waals surface area contributed by atoms with Crippen molar-refractivity contribution in [2.75, 3.05) is 0 Å². The third-order valence-corrected chi connectivity index (χ3v) is 2.05. The Labute approximate surface area is 91.3 Å². The Morgan fingerprint density at radius 2 is 2.31 bits per heavy atom. The highest BCUT2D eigenvalue weighted by atomic mass is 19.1. The first-order valence-electron chi connectivity index (χ1n) is 4.69. The Morgan fingerprint density at radius 3 is 3.00 bits per heavy atom. The van der Waals surface area contributed by atoms with Crippen molar-refractivity contribution in [3.8, 4) is 11.8 Å². The second-order valence-corrected chi connectivity index (χ2v) is 3.25. The average Bonchev–Trinajstić information content (AvgIpc) is 2.73. The van der Waals surface area contributed by atoms with Gasteiger partial charge >= 0.3 is 6.08 Å². The minimum absolute atomic E-state index is 0.0475. The van der Waals surface area contributed by atoms with Crippen LogP contribution in [0.2, 0.25) is 0 Å². The van der Waals surface area contributed by atoms with Gasteiger partial charge in [0.05, 0.1) is 6.61 Å². The van der Waals surface area contributed by atoms with E-state index in [-0.39, 0.29) is 18.4 Å². The smallest absolute Gasteiger partial charge is 0.399 e. The van der Waals surface area contributed by atoms with Crippen LogP contribution in [0.25, 0.3) is 0 Å². The van der Waals surface area contributed by atoms with Crippen molar-refractivity contribution in [1.82, 2.24) is 4.98 Å². The van der Waals surface area contributed by atoms with E-state index >= 15 is 0 Å². The summed E-state index contributed by atoms with van der Waals surface area (Å²) < 4.78 is 23.5. The lowest BCUT2D eigenvalue weighted by Crippen LogP contribution is -1.91. The third-order valence-electron chi connectivity index (χ3n) is 2.05. The van der Waals surface area contributed by atoms with Crippen LogP contribution >= 0.6 is 0 Å². The highest BCUT2D eigenvalue weighted by Gasteiger charge is 2.10. The molecule has 0 aliphatic carbocycles. The van der Waals surface area contributed by atoms with Gasteiger partial charge in [0.2, 0.25) is 0 Å². The summed E-state index contributed by atoms with van der Waals surface area (Å²) in [5.74, 6) is -0.405. The molecule has 0 saturated carbocycles. The molecule has 1 aromatic carbocycles. The van der Waals surface area contributed by atoms with Gasteiger partial charge in [-0.05, 0) is 18.6 Å². The van der Waals surface area contributed by atoms with E-state index in [9.17, 15) is 4.39 Å². The van der Waals surface area contributed by atoms with Crippen LogP contribution in [-0.2, 0) is 6.61 Å². The first-order valence-corrected chi connectivity index (χ1v) is 4.69. The van der Waals surface area contributed by atoms with Crippen LogP contribution in [0.3, 0.4) is 0 Å². The molecular weight excluding hydrogens is 213 g/mol. The van der Waals surface area contributed by atoms with Crippen LogP contribution in [0.4, 0.5) is 4.39 Å². The van der Waals surface area contributed by atoms with Crippen LogP contribution in [-0.4, -0.2) is 10.1 Å². The molecule has 1 heterocycles. The highest BCUT2D eigenvalue weighted by molar-refractivity contribution is 5.31. The fourth-order valence-corrected chi connectivity index (χ4v) is 1.20. The summed E-state index contributed by atoms with van der Waals surface area (Å²) in [6.07, 6.45) is 1.16. The lowest BCUT2D eigenvalue weighted by Gasteiger charge is -2.03. The zero-order chi connectivity index (χ0) is 11.5. The number of aryl methyl sites for hydroxylation is 1. The van der Waals surface area contributed by atoms with Crippen molar-refractivity contribution in [2.45, 2.75) is 13.5 Å². The Bertz CT molecular complexity index is 496. The molecule has 1 N–H and O–H groups in total. The van der Waals surface area contributed by atoms with Gasteiger partial charge < -0.3 is 14.3 Å². The predicted molar refractivity (Wildman–Crippen MR) is 53.6 cm³/mol. The van der Waals surface area contributed by atoms with Crippen molar-refractivity contribution in [2.24, 2.45) is 0 Å². The number of hydrogen-bond acceptors (Lipinski definition) is 4. The van der Waals surface area contributed by atoms with Crippen molar-refractivity contribution in [1.29, 1.82) is 0 Å². The van der Waals surface area contributed by atoms with Gasteiger partial charge in [-0.3, -0.25) is 0 Å². The number of aliphatic hydroxyl groups is 1. The molecule has 5 heteroatoms. The lowest BCUT2D eigenvalue weighted by molar-refractivity contribution is 0.276. The second kappa shape index (κ2) is 4.32. The minimum atomic E-state index is -0.453. The highest BCUT2D eigenvalue weighted by Crippen LogP contribution is 2.25. The van der Waals surface area contributed by atoms with E-state index < -0.39 is 5.82 Å². The van der Waals surface area contributed by atoms with Gasteiger partial charge in [-0.15, -0.1) is 0 Å². The number of halogens is 1. The molecule has 0 unspecified atom stereocenters. The second-order valence-electron chi connectivity index (χ2n) is 3.25. The van der Waals surface area contributed by atoms with E-state index in [2.05, 4.69) is 4.98 Å². The van der Waals surface area contributed by atoms with Gasteiger partial charge in [0.25, 0.3) is 0 Å². The molecule has 16 heavy (non-hydrogen) atoms. The lowest BCUT2D eigenvalue weighted by atomic mass is 10.2. The SMILES string of the molecule is Cc1cccc(Oc2nc(CO)co2)c1F. The van der Waals surface area contributed by atoms with E-state index in [0.717, 1.165) is 0 Å². The van der Waals surface area contributed by atoms with Gasteiger partial charge in [0, 0.05) is 0 Å². The molecule has 0 saturated heterocycles. The molecule has 0 fully saturated rings. The number of rotatable bonds is 3. The molecule has 2 rings (SSSR count). The Morgan fingerprint density at radius 1 is 1.50 bits per heavy atom. The van der Waals surface area contributed by atoms with Gasteiger partial charge in [-0.1, -0.05) is 12.1 Å². The summed E-state index contributed by atoms with van der Waals surface area (Å²) in [7, 11) is 0. The Hall–Kier alpha value is -1.88. The molecule has 84 valence electrons. The molecule has 0 aliphatic heterocycles. The number of oxazole rings is 1. The van der Waals surface area contributed by atoms with Gasteiger partial charge in [0.15, 0.2) is 11.6 Å². The molecule has 4 nitrogen and oxygen atoms in total. The van der Waals surface area contributed by atoms with Crippen LogP contribution < -0.4 is 4.74 Å². The fourth-order valence-electron chi connectivity index (χ4n) is 1.20. The zero-order valence-corrected chi connectivity index (χ0v) is 8.61. The van der Waals surface area contributed by atoms with Crippen LogP contribution in [0.1, 0.15) is 11.3 Å². The summed E-state index contributed by atoms with van der Waals surface area (Å²) in [4.78, 5) is 3.79. The summed E-state index contributed by atoms with van der Waals surface area (Å²) in [5, 5.41) is 8.76. The van der Waals surface area contributed by atoms with E-state index in [0.29, 0.717) is 11.3 Å². The van der Waals surface area contributed by atoms with E-state index in [4.69, 9.17) is 14.3 Å². The molecule has 0 bridgehead atoms. The maximum absolute atomic E-state index is 13.5. The third kappa shape index (κ3) is 2.04. The number of aliphatic hydroxyl groups excluding tert-OH is 1. The number of hydrogen-bond donors (Lipinski definition) is 1. The van der Waals surface area contributed by atoms with Crippen LogP contribution in [0.15, 0.2) is 28.9 Å². The molecule has 0 aliphatic rings. The summed E-state index contributed by atoms with van der Waals surface area (Å²) >= 11 is 0. The van der Waals surface area contributed by atoms with Crippen molar-refractivity contribution in [3.63, 3.8) is 0 Å². The predicted octanol–water partition coefficient (Wildman–Crippen LogP) is 2.41. The molecular formula is C11H10FNO3. The molecule has 0 radical (unpaired) electrons. The van der Waals surface area contributed by atoms with Gasteiger partial charge in [-0.25, -0.2) is 4.39 Å². The molecule has 0 spiro atoms. The quantitative estimate of drug-likeness (QED) is 0.868. The summed E-state index contributed by atoms with van der Waals surface area (Å²) in [6.45, 7) is 1.39. The maximum atomic E-state index is 13.5. The van der Waals surface area contributed by atoms with Crippen molar-refractivity contribution < 1.29 is 18.7 Å². The number of benzene rings is 1. The number of aromatic nitrogens is 1. The van der Waals surface area contributed by atoms with E-state index in [1.165, 1.54) is 12.3 Å². The topological polar surface area (TPSA) is 55.5 Å². The fraction of sp³-hybridized carbons (Fsp3) is 0.182. The number of nitrogens with zero attached hydrogens (tertiary/aromatic N) is 1.